The van der Waals surface area contributed by atoms with E-state index in [0.29, 0.717) is 12.0 Å². The van der Waals surface area contributed by atoms with Gasteiger partial charge >= 0.3 is 0 Å². The SMILES string of the molecule is CCC(C)CC(Cc1cc(OC)ccc1Br)NN. The molecule has 3 nitrogen and oxygen atoms in total. The van der Waals surface area contributed by atoms with Gasteiger partial charge in [-0.3, -0.25) is 11.3 Å². The third kappa shape index (κ3) is 4.59. The second-order valence-corrected chi connectivity index (χ2v) is 5.63. The van der Waals surface area contributed by atoms with Gasteiger partial charge in [-0.05, 0) is 42.5 Å². The number of hydrazine groups is 1. The fourth-order valence-electron chi connectivity index (χ4n) is 1.96. The van der Waals surface area contributed by atoms with Gasteiger partial charge in [0.15, 0.2) is 0 Å². The molecule has 0 aromatic heterocycles. The van der Waals surface area contributed by atoms with Crippen LogP contribution in [-0.4, -0.2) is 13.2 Å². The second kappa shape index (κ2) is 7.77. The van der Waals surface area contributed by atoms with Gasteiger partial charge in [-0.2, -0.15) is 0 Å². The van der Waals surface area contributed by atoms with Crippen LogP contribution in [0.5, 0.6) is 5.75 Å². The van der Waals surface area contributed by atoms with Gasteiger partial charge in [-0.1, -0.05) is 36.2 Å². The molecule has 0 spiro atoms. The van der Waals surface area contributed by atoms with E-state index in [2.05, 4.69) is 41.3 Å². The van der Waals surface area contributed by atoms with E-state index >= 15 is 0 Å². The van der Waals surface area contributed by atoms with Crippen molar-refractivity contribution in [1.82, 2.24) is 5.43 Å². The summed E-state index contributed by atoms with van der Waals surface area (Å²) in [5.74, 6) is 7.21. The first-order valence-electron chi connectivity index (χ1n) is 6.39. The van der Waals surface area contributed by atoms with Gasteiger partial charge in [0, 0.05) is 10.5 Å². The van der Waals surface area contributed by atoms with Crippen molar-refractivity contribution in [1.29, 1.82) is 0 Å². The summed E-state index contributed by atoms with van der Waals surface area (Å²) in [6.45, 7) is 4.46. The molecule has 2 atom stereocenters. The fraction of sp³-hybridized carbons (Fsp3) is 0.571. The maximum atomic E-state index is 5.65. The molecular weight excluding hydrogens is 292 g/mol. The molecule has 1 aromatic carbocycles. The van der Waals surface area contributed by atoms with Crippen molar-refractivity contribution in [3.05, 3.63) is 28.2 Å². The highest BCUT2D eigenvalue weighted by atomic mass is 79.9. The van der Waals surface area contributed by atoms with Crippen molar-refractivity contribution in [3.63, 3.8) is 0 Å². The summed E-state index contributed by atoms with van der Waals surface area (Å²) in [6, 6.07) is 6.33. The van der Waals surface area contributed by atoms with Crippen molar-refractivity contribution < 1.29 is 4.74 Å². The lowest BCUT2D eigenvalue weighted by Crippen LogP contribution is -2.38. The highest BCUT2D eigenvalue weighted by Gasteiger charge is 2.13. The van der Waals surface area contributed by atoms with Crippen molar-refractivity contribution in [2.45, 2.75) is 39.2 Å². The van der Waals surface area contributed by atoms with E-state index in [1.165, 1.54) is 12.0 Å². The molecule has 0 heterocycles. The Kier molecular flexibility index (Phi) is 6.68. The number of hydrogen-bond donors (Lipinski definition) is 2. The number of benzene rings is 1. The van der Waals surface area contributed by atoms with Gasteiger partial charge < -0.3 is 4.74 Å². The molecule has 0 fully saturated rings. The van der Waals surface area contributed by atoms with E-state index in [0.717, 1.165) is 23.1 Å². The number of nitrogens with two attached hydrogens (primary N) is 1. The third-order valence-electron chi connectivity index (χ3n) is 3.34. The van der Waals surface area contributed by atoms with Crippen LogP contribution >= 0.6 is 15.9 Å². The smallest absolute Gasteiger partial charge is 0.119 e. The van der Waals surface area contributed by atoms with E-state index in [4.69, 9.17) is 10.6 Å². The van der Waals surface area contributed by atoms with Gasteiger partial charge in [0.05, 0.1) is 7.11 Å². The average Bonchev–Trinajstić information content (AvgIpc) is 2.39. The van der Waals surface area contributed by atoms with Gasteiger partial charge in [0.25, 0.3) is 0 Å². The zero-order chi connectivity index (χ0) is 13.5. The highest BCUT2D eigenvalue weighted by Crippen LogP contribution is 2.25. The lowest BCUT2D eigenvalue weighted by molar-refractivity contribution is 0.393. The van der Waals surface area contributed by atoms with Crippen LogP contribution in [0.1, 0.15) is 32.3 Å². The summed E-state index contributed by atoms with van der Waals surface area (Å²) >= 11 is 3.58. The van der Waals surface area contributed by atoms with E-state index in [9.17, 15) is 0 Å². The van der Waals surface area contributed by atoms with Crippen LogP contribution in [0.15, 0.2) is 22.7 Å². The van der Waals surface area contributed by atoms with Crippen LogP contribution < -0.4 is 16.0 Å². The first-order valence-corrected chi connectivity index (χ1v) is 7.18. The van der Waals surface area contributed by atoms with E-state index < -0.39 is 0 Å². The number of rotatable bonds is 7. The maximum Gasteiger partial charge on any atom is 0.119 e. The number of hydrogen-bond acceptors (Lipinski definition) is 3. The predicted molar refractivity (Wildman–Crippen MR) is 79.6 cm³/mol. The molecule has 3 N–H and O–H groups in total. The first kappa shape index (κ1) is 15.5. The Labute approximate surface area is 118 Å². The molecule has 4 heteroatoms. The monoisotopic (exact) mass is 314 g/mol. The molecule has 0 aliphatic heterocycles. The summed E-state index contributed by atoms with van der Waals surface area (Å²) in [7, 11) is 1.69. The van der Waals surface area contributed by atoms with Gasteiger partial charge in [-0.25, -0.2) is 0 Å². The lowest BCUT2D eigenvalue weighted by atomic mass is 9.95. The molecule has 0 aliphatic carbocycles. The van der Waals surface area contributed by atoms with E-state index in [-0.39, 0.29) is 0 Å². The zero-order valence-corrected chi connectivity index (χ0v) is 13.0. The van der Waals surface area contributed by atoms with Crippen molar-refractivity contribution in [2.24, 2.45) is 11.8 Å². The van der Waals surface area contributed by atoms with Crippen LogP contribution in [0.2, 0.25) is 0 Å². The molecule has 102 valence electrons. The quantitative estimate of drug-likeness (QED) is 0.600. The Morgan fingerprint density at radius 1 is 1.44 bits per heavy atom. The standard InChI is InChI=1S/C14H23BrN2O/c1-4-10(2)7-12(17-16)8-11-9-13(18-3)5-6-14(11)15/h5-6,9-10,12,17H,4,7-8,16H2,1-3H3. The summed E-state index contributed by atoms with van der Waals surface area (Å²) < 4.78 is 6.36. The Hall–Kier alpha value is -0.580. The zero-order valence-electron chi connectivity index (χ0n) is 11.4. The average molecular weight is 315 g/mol. The number of ether oxygens (including phenoxy) is 1. The highest BCUT2D eigenvalue weighted by molar-refractivity contribution is 9.10. The molecule has 1 aromatic rings. The molecule has 1 rings (SSSR count). The second-order valence-electron chi connectivity index (χ2n) is 4.77. The van der Waals surface area contributed by atoms with Gasteiger partial charge in [0.1, 0.15) is 5.75 Å². The minimum atomic E-state index is 0.295. The summed E-state index contributed by atoms with van der Waals surface area (Å²) in [6.07, 6.45) is 3.16. The van der Waals surface area contributed by atoms with Crippen molar-refractivity contribution in [2.75, 3.05) is 7.11 Å². The summed E-state index contributed by atoms with van der Waals surface area (Å²) in [5.41, 5.74) is 4.14. The van der Waals surface area contributed by atoms with E-state index in [1.54, 1.807) is 7.11 Å². The number of nitrogens with one attached hydrogen (secondary N) is 1. The Balaban J connectivity index is 2.74. The largest absolute Gasteiger partial charge is 0.497 e. The van der Waals surface area contributed by atoms with Crippen LogP contribution in [0.4, 0.5) is 0 Å². The predicted octanol–water partition coefficient (Wildman–Crippen LogP) is 3.27. The first-order chi connectivity index (χ1) is 8.60. The molecule has 0 aliphatic rings. The minimum absolute atomic E-state index is 0.295. The van der Waals surface area contributed by atoms with Crippen LogP contribution in [0.3, 0.4) is 0 Å². The van der Waals surface area contributed by atoms with Gasteiger partial charge in [0.2, 0.25) is 0 Å². The van der Waals surface area contributed by atoms with Crippen molar-refractivity contribution in [3.8, 4) is 5.75 Å². The molecule has 2 unspecified atom stereocenters. The molecule has 0 amide bonds. The van der Waals surface area contributed by atoms with Crippen molar-refractivity contribution >= 4 is 15.9 Å². The molecule has 0 saturated carbocycles. The third-order valence-corrected chi connectivity index (χ3v) is 4.11. The summed E-state index contributed by atoms with van der Waals surface area (Å²) in [4.78, 5) is 0. The molecule has 0 radical (unpaired) electrons. The maximum absolute atomic E-state index is 5.65. The molecule has 18 heavy (non-hydrogen) atoms. The fourth-order valence-corrected chi connectivity index (χ4v) is 2.37. The number of halogens is 1. The topological polar surface area (TPSA) is 47.3 Å². The number of methoxy groups -OCH3 is 1. The Morgan fingerprint density at radius 3 is 2.72 bits per heavy atom. The molecule has 0 saturated heterocycles. The van der Waals surface area contributed by atoms with Crippen LogP contribution in [-0.2, 0) is 6.42 Å². The minimum Gasteiger partial charge on any atom is -0.497 e. The van der Waals surface area contributed by atoms with E-state index in [1.807, 2.05) is 12.1 Å². The van der Waals surface area contributed by atoms with Crippen LogP contribution in [0, 0.1) is 5.92 Å². The van der Waals surface area contributed by atoms with Gasteiger partial charge in [-0.15, -0.1) is 0 Å². The normalized spacial score (nSPS) is 14.3. The van der Waals surface area contributed by atoms with Crippen LogP contribution in [0.25, 0.3) is 0 Å². The lowest BCUT2D eigenvalue weighted by Gasteiger charge is -2.20. The Morgan fingerprint density at radius 2 is 2.17 bits per heavy atom. The molecule has 0 bridgehead atoms. The summed E-state index contributed by atoms with van der Waals surface area (Å²) in [5, 5.41) is 0. The Bertz CT molecular complexity index is 371. The molecular formula is C14H23BrN2O.